The third-order valence-corrected chi connectivity index (χ3v) is 3.67. The summed E-state index contributed by atoms with van der Waals surface area (Å²) in [6, 6.07) is 10.1. The molecule has 7 heteroatoms. The Balaban J connectivity index is 1.92. The maximum atomic E-state index is 12.0. The van der Waals surface area contributed by atoms with E-state index in [0.717, 1.165) is 16.8 Å². The third kappa shape index (κ3) is 2.80. The Kier molecular flexibility index (Phi) is 3.61. The van der Waals surface area contributed by atoms with Crippen molar-refractivity contribution in [3.8, 4) is 0 Å². The quantitative estimate of drug-likeness (QED) is 0.590. The summed E-state index contributed by atoms with van der Waals surface area (Å²) < 4.78 is 6.49. The number of hydrogen-bond acceptors (Lipinski definition) is 5. The maximum Gasteiger partial charge on any atom is 0.421 e. The molecule has 3 aromatic rings. The summed E-state index contributed by atoms with van der Waals surface area (Å²) in [5.41, 5.74) is 3.75. The lowest BCUT2D eigenvalue weighted by Crippen LogP contribution is -2.19. The van der Waals surface area contributed by atoms with Gasteiger partial charge < -0.3 is 9.73 Å². The molecular weight excluding hydrogens is 298 g/mol. The molecule has 7 nitrogen and oxygen atoms in total. The van der Waals surface area contributed by atoms with Crippen LogP contribution in [0.5, 0.6) is 0 Å². The number of rotatable bonds is 4. The van der Waals surface area contributed by atoms with Crippen LogP contribution < -0.4 is 11.1 Å². The molecule has 0 aliphatic heterocycles. The summed E-state index contributed by atoms with van der Waals surface area (Å²) in [6.07, 6.45) is 0. The summed E-state index contributed by atoms with van der Waals surface area (Å²) in [5.74, 6) is -0.558. The van der Waals surface area contributed by atoms with Gasteiger partial charge in [0.2, 0.25) is 0 Å². The summed E-state index contributed by atoms with van der Waals surface area (Å²) in [4.78, 5) is 22.2. The van der Waals surface area contributed by atoms with Gasteiger partial charge in [-0.3, -0.25) is 14.7 Å². The molecule has 1 N–H and O–H groups in total. The minimum atomic E-state index is -0.558. The zero-order valence-electron chi connectivity index (χ0n) is 12.7. The second-order valence-corrected chi connectivity index (χ2v) is 5.36. The number of nitro benzene ring substituents is 1. The highest BCUT2D eigenvalue weighted by Crippen LogP contribution is 2.21. The van der Waals surface area contributed by atoms with Gasteiger partial charge in [-0.05, 0) is 31.5 Å². The number of aromatic nitrogens is 1. The van der Waals surface area contributed by atoms with Crippen LogP contribution in [0.4, 0.5) is 11.4 Å². The Labute approximate surface area is 131 Å². The number of hydrogen-bond donors (Lipinski definition) is 1. The highest BCUT2D eigenvalue weighted by Gasteiger charge is 2.14. The van der Waals surface area contributed by atoms with Crippen molar-refractivity contribution < 1.29 is 9.34 Å². The van der Waals surface area contributed by atoms with Crippen LogP contribution in [0.15, 0.2) is 45.6 Å². The van der Waals surface area contributed by atoms with Gasteiger partial charge in [0.25, 0.3) is 5.69 Å². The predicted molar refractivity (Wildman–Crippen MR) is 86.7 cm³/mol. The van der Waals surface area contributed by atoms with Crippen LogP contribution in [-0.4, -0.2) is 9.49 Å². The van der Waals surface area contributed by atoms with Crippen molar-refractivity contribution in [2.24, 2.45) is 0 Å². The highest BCUT2D eigenvalue weighted by atomic mass is 16.6. The zero-order valence-corrected chi connectivity index (χ0v) is 12.7. The number of oxazole rings is 1. The number of non-ortho nitro benzene ring substituents is 1. The van der Waals surface area contributed by atoms with Crippen molar-refractivity contribution in [3.05, 3.63) is 68.2 Å². The molecule has 0 saturated heterocycles. The Hall–Kier alpha value is -3.09. The number of nitro groups is 1. The Morgan fingerprint density at radius 1 is 1.22 bits per heavy atom. The Morgan fingerprint density at radius 3 is 2.70 bits per heavy atom. The molecule has 118 valence electrons. The van der Waals surface area contributed by atoms with Gasteiger partial charge in [-0.1, -0.05) is 17.7 Å². The molecule has 0 spiro atoms. The van der Waals surface area contributed by atoms with Crippen molar-refractivity contribution in [2.75, 3.05) is 5.32 Å². The van der Waals surface area contributed by atoms with E-state index in [2.05, 4.69) is 5.32 Å². The SMILES string of the molecule is Cc1ccc(NCn2c(=O)oc3cc([N+](=O)[O-])ccc32)c(C)c1. The number of aryl methyl sites for hydroxylation is 2. The molecule has 0 bridgehead atoms. The van der Waals surface area contributed by atoms with Gasteiger partial charge in [-0.15, -0.1) is 0 Å². The summed E-state index contributed by atoms with van der Waals surface area (Å²) >= 11 is 0. The number of nitrogens with zero attached hydrogens (tertiary/aromatic N) is 2. The van der Waals surface area contributed by atoms with Crippen molar-refractivity contribution in [3.63, 3.8) is 0 Å². The first-order valence-electron chi connectivity index (χ1n) is 7.04. The topological polar surface area (TPSA) is 90.3 Å². The fraction of sp³-hybridized carbons (Fsp3) is 0.188. The van der Waals surface area contributed by atoms with Crippen molar-refractivity contribution in [1.29, 1.82) is 0 Å². The average molecular weight is 313 g/mol. The lowest BCUT2D eigenvalue weighted by atomic mass is 10.1. The fourth-order valence-corrected chi connectivity index (χ4v) is 2.49. The van der Waals surface area contributed by atoms with E-state index in [-0.39, 0.29) is 17.9 Å². The minimum Gasteiger partial charge on any atom is -0.407 e. The van der Waals surface area contributed by atoms with Crippen LogP contribution in [-0.2, 0) is 6.67 Å². The lowest BCUT2D eigenvalue weighted by molar-refractivity contribution is -0.384. The smallest absolute Gasteiger partial charge is 0.407 e. The first-order valence-corrected chi connectivity index (χ1v) is 7.04. The van der Waals surface area contributed by atoms with Gasteiger partial charge in [0.15, 0.2) is 5.58 Å². The molecule has 23 heavy (non-hydrogen) atoms. The van der Waals surface area contributed by atoms with Crippen molar-refractivity contribution in [2.45, 2.75) is 20.5 Å². The lowest BCUT2D eigenvalue weighted by Gasteiger charge is -2.10. The molecule has 0 amide bonds. The average Bonchev–Trinajstić information content (AvgIpc) is 2.81. The zero-order chi connectivity index (χ0) is 16.6. The Morgan fingerprint density at radius 2 is 2.00 bits per heavy atom. The first kappa shape index (κ1) is 14.8. The standard InChI is InChI=1S/C16H15N3O4/c1-10-3-5-13(11(2)7-10)17-9-18-14-6-4-12(19(21)22)8-15(14)23-16(18)20/h3-8,17H,9H2,1-2H3. The number of nitrogens with one attached hydrogen (secondary N) is 1. The second kappa shape index (κ2) is 5.60. The van der Waals surface area contributed by atoms with Gasteiger partial charge in [-0.2, -0.15) is 0 Å². The van der Waals surface area contributed by atoms with Gasteiger partial charge in [0, 0.05) is 11.8 Å². The van der Waals surface area contributed by atoms with Crippen molar-refractivity contribution in [1.82, 2.24) is 4.57 Å². The fourth-order valence-electron chi connectivity index (χ4n) is 2.49. The van der Waals surface area contributed by atoms with Crippen molar-refractivity contribution >= 4 is 22.5 Å². The van der Waals surface area contributed by atoms with E-state index in [4.69, 9.17) is 4.42 Å². The van der Waals surface area contributed by atoms with E-state index in [0.29, 0.717) is 5.52 Å². The van der Waals surface area contributed by atoms with Crippen LogP contribution in [0.2, 0.25) is 0 Å². The number of benzene rings is 2. The molecule has 2 aromatic carbocycles. The molecule has 3 rings (SSSR count). The molecule has 0 aliphatic rings. The van der Waals surface area contributed by atoms with Crippen LogP contribution in [0.1, 0.15) is 11.1 Å². The molecule has 0 saturated carbocycles. The first-order chi connectivity index (χ1) is 11.0. The molecule has 0 aliphatic carbocycles. The molecule has 0 radical (unpaired) electrons. The van der Waals surface area contributed by atoms with Gasteiger partial charge in [-0.25, -0.2) is 4.79 Å². The van der Waals surface area contributed by atoms with Crippen LogP contribution in [0.3, 0.4) is 0 Å². The largest absolute Gasteiger partial charge is 0.421 e. The predicted octanol–water partition coefficient (Wildman–Crippen LogP) is 3.19. The van der Waals surface area contributed by atoms with Crippen LogP contribution in [0.25, 0.3) is 11.1 Å². The van der Waals surface area contributed by atoms with E-state index < -0.39 is 10.7 Å². The van der Waals surface area contributed by atoms with E-state index >= 15 is 0 Å². The van der Waals surface area contributed by atoms with Gasteiger partial charge in [0.1, 0.15) is 0 Å². The molecule has 0 unspecified atom stereocenters. The summed E-state index contributed by atoms with van der Waals surface area (Å²) in [7, 11) is 0. The maximum absolute atomic E-state index is 12.0. The minimum absolute atomic E-state index is 0.110. The third-order valence-electron chi connectivity index (χ3n) is 3.67. The monoisotopic (exact) mass is 313 g/mol. The number of fused-ring (bicyclic) bond motifs is 1. The van der Waals surface area contributed by atoms with E-state index in [9.17, 15) is 14.9 Å². The van der Waals surface area contributed by atoms with E-state index in [1.807, 2.05) is 32.0 Å². The Bertz CT molecular complexity index is 956. The number of anilines is 1. The summed E-state index contributed by atoms with van der Waals surface area (Å²) in [5, 5.41) is 14.0. The van der Waals surface area contributed by atoms with Gasteiger partial charge >= 0.3 is 5.76 Å². The molecule has 1 aromatic heterocycles. The van der Waals surface area contributed by atoms with Gasteiger partial charge in [0.05, 0.1) is 23.2 Å². The van der Waals surface area contributed by atoms with E-state index in [1.54, 1.807) is 0 Å². The summed E-state index contributed by atoms with van der Waals surface area (Å²) in [6.45, 7) is 4.21. The molecule has 0 fully saturated rings. The normalized spacial score (nSPS) is 10.9. The second-order valence-electron chi connectivity index (χ2n) is 5.36. The highest BCUT2D eigenvalue weighted by molar-refractivity contribution is 5.75. The molecular formula is C16H15N3O4. The van der Waals surface area contributed by atoms with E-state index in [1.165, 1.54) is 22.8 Å². The molecule has 0 atom stereocenters. The van der Waals surface area contributed by atoms with Crippen LogP contribution >= 0.6 is 0 Å². The molecule has 1 heterocycles. The van der Waals surface area contributed by atoms with Crippen LogP contribution in [0, 0.1) is 24.0 Å².